The number of aromatic amines is 1. The number of benzene rings is 2. The zero-order valence-electron chi connectivity index (χ0n) is 22.8. The predicted molar refractivity (Wildman–Crippen MR) is 149 cm³/mol. The van der Waals surface area contributed by atoms with Gasteiger partial charge in [0.2, 0.25) is 11.8 Å². The lowest BCUT2D eigenvalue weighted by Crippen LogP contribution is -2.56. The molecule has 3 N–H and O–H groups in total. The summed E-state index contributed by atoms with van der Waals surface area (Å²) < 4.78 is 0. The van der Waals surface area contributed by atoms with Gasteiger partial charge in [-0.25, -0.2) is 4.79 Å². The van der Waals surface area contributed by atoms with Gasteiger partial charge in [0.05, 0.1) is 11.7 Å². The molecular formula is C30H36N6O3. The van der Waals surface area contributed by atoms with Crippen LogP contribution in [0.15, 0.2) is 42.6 Å². The second-order valence-electron chi connectivity index (χ2n) is 12.5. The number of likely N-dealkylation sites (tertiary alicyclic amines) is 1. The fourth-order valence-corrected chi connectivity index (χ4v) is 6.59. The summed E-state index contributed by atoms with van der Waals surface area (Å²) in [6.45, 7) is 8.49. The van der Waals surface area contributed by atoms with Crippen molar-refractivity contribution in [3.05, 3.63) is 59.3 Å². The summed E-state index contributed by atoms with van der Waals surface area (Å²) in [6, 6.07) is 11.1. The Balaban J connectivity index is 1.21. The van der Waals surface area contributed by atoms with Gasteiger partial charge < -0.3 is 20.4 Å². The van der Waals surface area contributed by atoms with Gasteiger partial charge in [0.25, 0.3) is 0 Å². The fourth-order valence-electron chi connectivity index (χ4n) is 6.59. The van der Waals surface area contributed by atoms with Gasteiger partial charge in [-0.1, -0.05) is 45.0 Å². The third kappa shape index (κ3) is 4.75. The fraction of sp³-hybridized carbons (Fsp3) is 0.467. The van der Waals surface area contributed by atoms with Gasteiger partial charge in [-0.3, -0.25) is 14.7 Å². The van der Waals surface area contributed by atoms with Crippen molar-refractivity contribution in [3.8, 4) is 0 Å². The van der Waals surface area contributed by atoms with Crippen LogP contribution in [0.3, 0.4) is 0 Å². The molecule has 0 unspecified atom stereocenters. The van der Waals surface area contributed by atoms with E-state index >= 15 is 0 Å². The first-order valence-electron chi connectivity index (χ1n) is 13.8. The summed E-state index contributed by atoms with van der Waals surface area (Å²) in [6.07, 6.45) is 4.11. The summed E-state index contributed by atoms with van der Waals surface area (Å²) in [5.41, 5.74) is 4.77. The topological polar surface area (TPSA) is 110 Å². The van der Waals surface area contributed by atoms with Gasteiger partial charge in [-0.15, -0.1) is 0 Å². The largest absolute Gasteiger partial charge is 0.336 e. The van der Waals surface area contributed by atoms with Gasteiger partial charge in [0.15, 0.2) is 0 Å². The summed E-state index contributed by atoms with van der Waals surface area (Å²) >= 11 is 0. The third-order valence-electron chi connectivity index (χ3n) is 8.46. The van der Waals surface area contributed by atoms with Crippen LogP contribution in [0.2, 0.25) is 0 Å². The SMILES string of the molecule is CC(C)(C)CN1Cc2c(ccc3[nH]ncc23)C[C@@H](NC(=O)N2CCC3(CC2)CC(=O)Nc2ccccc23)C1=O. The second kappa shape index (κ2) is 9.39. The van der Waals surface area contributed by atoms with Crippen LogP contribution in [0.25, 0.3) is 10.9 Å². The molecule has 9 nitrogen and oxygen atoms in total. The van der Waals surface area contributed by atoms with Gasteiger partial charge in [0.1, 0.15) is 6.04 Å². The van der Waals surface area contributed by atoms with Gasteiger partial charge in [-0.05, 0) is 47.1 Å². The van der Waals surface area contributed by atoms with Crippen molar-refractivity contribution in [2.75, 3.05) is 25.0 Å². The van der Waals surface area contributed by atoms with Crippen LogP contribution in [-0.2, 0) is 28.0 Å². The van der Waals surface area contributed by atoms with E-state index < -0.39 is 6.04 Å². The minimum atomic E-state index is -0.650. The summed E-state index contributed by atoms with van der Waals surface area (Å²) in [5.74, 6) is -0.0301. The van der Waals surface area contributed by atoms with E-state index in [0.29, 0.717) is 51.9 Å². The highest BCUT2D eigenvalue weighted by atomic mass is 16.2. The molecule has 4 amide bonds. The molecule has 9 heteroatoms. The molecule has 3 aromatic rings. The van der Waals surface area contributed by atoms with Crippen LogP contribution < -0.4 is 10.6 Å². The smallest absolute Gasteiger partial charge is 0.318 e. The molecular weight excluding hydrogens is 492 g/mol. The maximum Gasteiger partial charge on any atom is 0.318 e. The molecule has 3 aliphatic rings. The Labute approximate surface area is 228 Å². The van der Waals surface area contributed by atoms with E-state index in [1.165, 1.54) is 0 Å². The molecule has 2 aromatic carbocycles. The highest BCUT2D eigenvalue weighted by Gasteiger charge is 2.43. The van der Waals surface area contributed by atoms with E-state index in [4.69, 9.17) is 0 Å². The lowest BCUT2D eigenvalue weighted by Gasteiger charge is -2.45. The number of hydrogen-bond donors (Lipinski definition) is 3. The minimum absolute atomic E-state index is 0.0278. The summed E-state index contributed by atoms with van der Waals surface area (Å²) in [5, 5.41) is 14.3. The molecule has 0 saturated carbocycles. The zero-order chi connectivity index (χ0) is 27.4. The quantitative estimate of drug-likeness (QED) is 0.468. The van der Waals surface area contributed by atoms with Crippen molar-refractivity contribution < 1.29 is 14.4 Å². The number of H-pyrrole nitrogens is 1. The Morgan fingerprint density at radius 1 is 1.13 bits per heavy atom. The molecule has 0 radical (unpaired) electrons. The number of nitrogens with zero attached hydrogens (tertiary/aromatic N) is 3. The van der Waals surface area contributed by atoms with E-state index in [1.54, 1.807) is 4.90 Å². The number of para-hydroxylation sites is 1. The van der Waals surface area contributed by atoms with Crippen LogP contribution >= 0.6 is 0 Å². The molecule has 3 aliphatic heterocycles. The van der Waals surface area contributed by atoms with E-state index in [0.717, 1.165) is 33.3 Å². The lowest BCUT2D eigenvalue weighted by atomic mass is 9.68. The predicted octanol–water partition coefficient (Wildman–Crippen LogP) is 3.95. The van der Waals surface area contributed by atoms with E-state index in [-0.39, 0.29) is 28.7 Å². The van der Waals surface area contributed by atoms with Crippen LogP contribution in [0.5, 0.6) is 0 Å². The number of carbonyl (C=O) groups is 3. The maximum atomic E-state index is 13.8. The minimum Gasteiger partial charge on any atom is -0.336 e. The number of amides is 4. The number of piperidine rings is 1. The number of anilines is 1. The highest BCUT2D eigenvalue weighted by molar-refractivity contribution is 5.95. The van der Waals surface area contributed by atoms with Crippen molar-refractivity contribution in [2.45, 2.75) is 64.5 Å². The molecule has 0 bridgehead atoms. The summed E-state index contributed by atoms with van der Waals surface area (Å²) in [7, 11) is 0. The molecule has 1 saturated heterocycles. The number of aromatic nitrogens is 2. The van der Waals surface area contributed by atoms with Crippen LogP contribution in [0, 0.1) is 5.41 Å². The normalized spacial score (nSPS) is 20.8. The molecule has 1 spiro atoms. The van der Waals surface area contributed by atoms with Crippen molar-refractivity contribution in [2.24, 2.45) is 5.41 Å². The van der Waals surface area contributed by atoms with E-state index in [1.807, 2.05) is 41.4 Å². The molecule has 204 valence electrons. The Bertz CT molecular complexity index is 1450. The molecule has 0 aliphatic carbocycles. The van der Waals surface area contributed by atoms with Crippen LogP contribution in [-0.4, -0.2) is 63.5 Å². The molecule has 4 heterocycles. The van der Waals surface area contributed by atoms with Crippen LogP contribution in [0.4, 0.5) is 10.5 Å². The number of carbonyl (C=O) groups excluding carboxylic acids is 3. The van der Waals surface area contributed by atoms with Crippen molar-refractivity contribution in [1.29, 1.82) is 0 Å². The van der Waals surface area contributed by atoms with Gasteiger partial charge in [-0.2, -0.15) is 5.10 Å². The standard InChI is InChI=1S/C30H36N6O3/c1-29(2,3)18-36-17-21-19(8-9-23-20(21)16-31-34-23)14-25(27(36)38)33-28(39)35-12-10-30(11-13-35)15-26(37)32-24-7-5-4-6-22(24)30/h4-9,16,25H,10-15,17-18H2,1-3H3,(H,31,34)(H,32,37)(H,33,39)/t25-/m1/s1. The Kier molecular flexibility index (Phi) is 6.12. The van der Waals surface area contributed by atoms with Crippen molar-refractivity contribution >= 4 is 34.4 Å². The first-order valence-corrected chi connectivity index (χ1v) is 13.8. The molecule has 39 heavy (non-hydrogen) atoms. The van der Waals surface area contributed by atoms with Gasteiger partial charge in [0, 0.05) is 55.5 Å². The third-order valence-corrected chi connectivity index (χ3v) is 8.46. The first kappa shape index (κ1) is 25.4. The van der Waals surface area contributed by atoms with Crippen molar-refractivity contribution in [3.63, 3.8) is 0 Å². The Morgan fingerprint density at radius 2 is 1.90 bits per heavy atom. The number of rotatable bonds is 2. The summed E-state index contributed by atoms with van der Waals surface area (Å²) in [4.78, 5) is 43.5. The van der Waals surface area contributed by atoms with E-state index in [9.17, 15) is 14.4 Å². The average Bonchev–Trinajstić information content (AvgIpc) is 3.33. The monoisotopic (exact) mass is 528 g/mol. The molecule has 6 rings (SSSR count). The number of nitrogens with one attached hydrogen (secondary N) is 3. The molecule has 1 atom stereocenters. The lowest BCUT2D eigenvalue weighted by molar-refractivity contribution is -0.134. The van der Waals surface area contributed by atoms with E-state index in [2.05, 4.69) is 47.7 Å². The highest BCUT2D eigenvalue weighted by Crippen LogP contribution is 2.45. The number of urea groups is 1. The van der Waals surface area contributed by atoms with Crippen LogP contribution in [0.1, 0.15) is 56.7 Å². The first-order chi connectivity index (χ1) is 18.6. The average molecular weight is 529 g/mol. The Morgan fingerprint density at radius 3 is 2.67 bits per heavy atom. The Hall–Kier alpha value is -3.88. The number of fused-ring (bicyclic) bond motifs is 5. The zero-order valence-corrected chi connectivity index (χ0v) is 22.8. The maximum absolute atomic E-state index is 13.8. The second-order valence-corrected chi connectivity index (χ2v) is 12.5. The molecule has 1 fully saturated rings. The number of hydrogen-bond acceptors (Lipinski definition) is 4. The van der Waals surface area contributed by atoms with Crippen molar-refractivity contribution in [1.82, 2.24) is 25.3 Å². The molecule has 1 aromatic heterocycles. The van der Waals surface area contributed by atoms with Gasteiger partial charge >= 0.3 is 6.03 Å².